The molecular formula is C11H16N2O2S. The minimum absolute atomic E-state index is 0.196. The van der Waals surface area contributed by atoms with Crippen LogP contribution in [-0.4, -0.2) is 20.7 Å². The molecule has 0 saturated carbocycles. The average molecular weight is 240 g/mol. The average Bonchev–Trinajstić information content (AvgIpc) is 2.60. The van der Waals surface area contributed by atoms with Crippen LogP contribution in [0.15, 0.2) is 18.2 Å². The molecule has 5 heteroatoms. The molecule has 0 amide bonds. The molecule has 0 bridgehead atoms. The van der Waals surface area contributed by atoms with Crippen LogP contribution in [-0.2, 0) is 16.4 Å². The zero-order valence-electron chi connectivity index (χ0n) is 9.31. The molecule has 0 fully saturated rings. The van der Waals surface area contributed by atoms with Crippen molar-refractivity contribution in [3.63, 3.8) is 0 Å². The zero-order valence-corrected chi connectivity index (χ0v) is 10.1. The third-order valence-corrected chi connectivity index (χ3v) is 4.74. The van der Waals surface area contributed by atoms with E-state index >= 15 is 0 Å². The zero-order chi connectivity index (χ0) is 11.8. The Morgan fingerprint density at radius 3 is 2.88 bits per heavy atom. The van der Waals surface area contributed by atoms with Crippen LogP contribution in [0.4, 0.5) is 11.4 Å². The summed E-state index contributed by atoms with van der Waals surface area (Å²) in [7, 11) is -3.16. The Kier molecular flexibility index (Phi) is 2.80. The maximum absolute atomic E-state index is 12.0. The number of nitrogen functional groups attached to an aromatic ring is 1. The fourth-order valence-corrected chi connectivity index (χ4v) is 3.60. The van der Waals surface area contributed by atoms with E-state index in [4.69, 9.17) is 5.73 Å². The Morgan fingerprint density at radius 1 is 1.44 bits per heavy atom. The van der Waals surface area contributed by atoms with Gasteiger partial charge in [0.05, 0.1) is 11.4 Å². The summed E-state index contributed by atoms with van der Waals surface area (Å²) >= 11 is 0. The number of benzene rings is 1. The molecule has 0 aliphatic carbocycles. The van der Waals surface area contributed by atoms with Gasteiger partial charge in [0, 0.05) is 12.2 Å². The highest BCUT2D eigenvalue weighted by Crippen LogP contribution is 2.32. The van der Waals surface area contributed by atoms with Crippen LogP contribution < -0.4 is 10.0 Å². The molecular weight excluding hydrogens is 224 g/mol. The van der Waals surface area contributed by atoms with E-state index in [-0.39, 0.29) is 5.75 Å². The summed E-state index contributed by atoms with van der Waals surface area (Å²) in [5, 5.41) is 0. The second kappa shape index (κ2) is 3.97. The summed E-state index contributed by atoms with van der Waals surface area (Å²) < 4.78 is 25.5. The van der Waals surface area contributed by atoms with Crippen molar-refractivity contribution >= 4 is 21.4 Å². The predicted octanol–water partition coefficient (Wildman–Crippen LogP) is 1.37. The fraction of sp³-hybridized carbons (Fsp3) is 0.455. The third kappa shape index (κ3) is 1.87. The summed E-state index contributed by atoms with van der Waals surface area (Å²) in [5.74, 6) is 0.196. The van der Waals surface area contributed by atoms with Crippen molar-refractivity contribution in [3.8, 4) is 0 Å². The molecule has 1 aromatic carbocycles. The van der Waals surface area contributed by atoms with Crippen molar-refractivity contribution in [2.45, 2.75) is 19.8 Å². The monoisotopic (exact) mass is 240 g/mol. The van der Waals surface area contributed by atoms with Gasteiger partial charge in [-0.3, -0.25) is 4.31 Å². The number of sulfonamides is 1. The van der Waals surface area contributed by atoms with Crippen LogP contribution in [0.5, 0.6) is 0 Å². The molecule has 1 aromatic rings. The van der Waals surface area contributed by atoms with E-state index in [2.05, 4.69) is 0 Å². The van der Waals surface area contributed by atoms with E-state index in [0.29, 0.717) is 18.7 Å². The Labute approximate surface area is 96.1 Å². The molecule has 0 radical (unpaired) electrons. The summed E-state index contributed by atoms with van der Waals surface area (Å²) in [4.78, 5) is 0. The van der Waals surface area contributed by atoms with Crippen molar-refractivity contribution in [1.29, 1.82) is 0 Å². The second-order valence-electron chi connectivity index (χ2n) is 4.03. The van der Waals surface area contributed by atoms with Gasteiger partial charge in [-0.2, -0.15) is 0 Å². The third-order valence-electron chi connectivity index (χ3n) is 2.76. The first-order valence-electron chi connectivity index (χ1n) is 5.43. The number of nitrogens with zero attached hydrogens (tertiary/aromatic N) is 1. The second-order valence-corrected chi connectivity index (χ2v) is 6.04. The quantitative estimate of drug-likeness (QED) is 0.812. The molecule has 0 saturated heterocycles. The number of hydrogen-bond acceptors (Lipinski definition) is 3. The number of nitrogens with two attached hydrogens (primary N) is 1. The van der Waals surface area contributed by atoms with E-state index in [1.165, 1.54) is 4.31 Å². The normalized spacial score (nSPS) is 15.2. The molecule has 1 aliphatic rings. The van der Waals surface area contributed by atoms with E-state index in [1.54, 1.807) is 6.07 Å². The highest BCUT2D eigenvalue weighted by Gasteiger charge is 2.28. The van der Waals surface area contributed by atoms with Gasteiger partial charge in [-0.05, 0) is 30.5 Å². The Balaban J connectivity index is 2.40. The van der Waals surface area contributed by atoms with Crippen LogP contribution >= 0.6 is 0 Å². The summed E-state index contributed by atoms with van der Waals surface area (Å²) in [6, 6.07) is 5.47. The van der Waals surface area contributed by atoms with E-state index < -0.39 is 10.0 Å². The Hall–Kier alpha value is -1.23. The van der Waals surface area contributed by atoms with Gasteiger partial charge < -0.3 is 5.73 Å². The first-order chi connectivity index (χ1) is 7.54. The first kappa shape index (κ1) is 11.3. The van der Waals surface area contributed by atoms with E-state index in [1.807, 2.05) is 19.1 Å². The topological polar surface area (TPSA) is 63.4 Å². The maximum atomic E-state index is 12.0. The van der Waals surface area contributed by atoms with Crippen LogP contribution in [0.1, 0.15) is 18.9 Å². The predicted molar refractivity (Wildman–Crippen MR) is 66.0 cm³/mol. The van der Waals surface area contributed by atoms with Crippen LogP contribution in [0, 0.1) is 0 Å². The molecule has 0 spiro atoms. The SMILES string of the molecule is CCCS(=O)(=O)N1CCc2ccc(N)cc21. The molecule has 16 heavy (non-hydrogen) atoms. The lowest BCUT2D eigenvalue weighted by atomic mass is 10.1. The highest BCUT2D eigenvalue weighted by atomic mass is 32.2. The molecule has 88 valence electrons. The van der Waals surface area contributed by atoms with Gasteiger partial charge in [0.2, 0.25) is 10.0 Å². The molecule has 1 aliphatic heterocycles. The highest BCUT2D eigenvalue weighted by molar-refractivity contribution is 7.92. The van der Waals surface area contributed by atoms with Gasteiger partial charge >= 0.3 is 0 Å². The van der Waals surface area contributed by atoms with Gasteiger partial charge in [-0.15, -0.1) is 0 Å². The van der Waals surface area contributed by atoms with Crippen molar-refractivity contribution in [3.05, 3.63) is 23.8 Å². The number of rotatable bonds is 3. The van der Waals surface area contributed by atoms with Crippen molar-refractivity contribution in [1.82, 2.24) is 0 Å². The minimum atomic E-state index is -3.16. The van der Waals surface area contributed by atoms with Crippen molar-refractivity contribution < 1.29 is 8.42 Å². The lowest BCUT2D eigenvalue weighted by Gasteiger charge is -2.19. The largest absolute Gasteiger partial charge is 0.399 e. The summed E-state index contributed by atoms with van der Waals surface area (Å²) in [5.41, 5.74) is 8.12. The fourth-order valence-electron chi connectivity index (χ4n) is 2.02. The van der Waals surface area contributed by atoms with Gasteiger partial charge in [-0.25, -0.2) is 8.42 Å². The van der Waals surface area contributed by atoms with E-state index in [0.717, 1.165) is 17.7 Å². The summed E-state index contributed by atoms with van der Waals surface area (Å²) in [6.45, 7) is 2.41. The molecule has 4 nitrogen and oxygen atoms in total. The standard InChI is InChI=1S/C11H16N2O2S/c1-2-7-16(14,15)13-6-5-9-3-4-10(12)8-11(9)13/h3-4,8H,2,5-7,12H2,1H3. The van der Waals surface area contributed by atoms with Crippen molar-refractivity contribution in [2.75, 3.05) is 22.3 Å². The van der Waals surface area contributed by atoms with Crippen LogP contribution in [0.2, 0.25) is 0 Å². The van der Waals surface area contributed by atoms with Gasteiger partial charge in [0.25, 0.3) is 0 Å². The molecule has 0 aromatic heterocycles. The summed E-state index contributed by atoms with van der Waals surface area (Å²) in [6.07, 6.45) is 1.41. The van der Waals surface area contributed by atoms with Gasteiger partial charge in [-0.1, -0.05) is 13.0 Å². The molecule has 2 N–H and O–H groups in total. The number of fused-ring (bicyclic) bond motifs is 1. The lowest BCUT2D eigenvalue weighted by Crippen LogP contribution is -2.31. The Bertz CT molecular complexity index is 497. The smallest absolute Gasteiger partial charge is 0.235 e. The van der Waals surface area contributed by atoms with Crippen molar-refractivity contribution in [2.24, 2.45) is 0 Å². The van der Waals surface area contributed by atoms with E-state index in [9.17, 15) is 8.42 Å². The van der Waals surface area contributed by atoms with Gasteiger partial charge in [0.15, 0.2) is 0 Å². The minimum Gasteiger partial charge on any atom is -0.399 e. The maximum Gasteiger partial charge on any atom is 0.235 e. The van der Waals surface area contributed by atoms with Crippen LogP contribution in [0.3, 0.4) is 0 Å². The van der Waals surface area contributed by atoms with Gasteiger partial charge in [0.1, 0.15) is 0 Å². The van der Waals surface area contributed by atoms with Crippen LogP contribution in [0.25, 0.3) is 0 Å². The molecule has 1 heterocycles. The number of anilines is 2. The molecule has 0 unspecified atom stereocenters. The number of hydrogen-bond donors (Lipinski definition) is 1. The molecule has 0 atom stereocenters. The first-order valence-corrected chi connectivity index (χ1v) is 7.04. The molecule has 2 rings (SSSR count). The lowest BCUT2D eigenvalue weighted by molar-refractivity contribution is 0.591. The Morgan fingerprint density at radius 2 is 2.19 bits per heavy atom.